The maximum absolute atomic E-state index is 13.2. The lowest BCUT2D eigenvalue weighted by Crippen LogP contribution is -2.49. The third-order valence-corrected chi connectivity index (χ3v) is 5.54. The molecule has 0 bridgehead atoms. The molecule has 0 spiro atoms. The van der Waals surface area contributed by atoms with E-state index in [0.29, 0.717) is 30.2 Å². The van der Waals surface area contributed by atoms with Crippen LogP contribution in [-0.2, 0) is 10.5 Å². The van der Waals surface area contributed by atoms with Gasteiger partial charge in [0.15, 0.2) is 11.6 Å². The van der Waals surface area contributed by atoms with Crippen molar-refractivity contribution in [1.82, 2.24) is 4.90 Å². The quantitative estimate of drug-likeness (QED) is 0.753. The first-order chi connectivity index (χ1) is 13.1. The van der Waals surface area contributed by atoms with E-state index in [4.69, 9.17) is 4.74 Å². The fourth-order valence-corrected chi connectivity index (χ4v) is 3.86. The lowest BCUT2D eigenvalue weighted by atomic mass is 10.2. The molecule has 144 valence electrons. The zero-order valence-electron chi connectivity index (χ0n) is 15.2. The Morgan fingerprint density at radius 1 is 1.04 bits per heavy atom. The van der Waals surface area contributed by atoms with Gasteiger partial charge in [0.1, 0.15) is 5.75 Å². The molecule has 3 rings (SSSR count). The highest BCUT2D eigenvalue weighted by molar-refractivity contribution is 7.99. The lowest BCUT2D eigenvalue weighted by molar-refractivity contribution is -0.128. The van der Waals surface area contributed by atoms with Gasteiger partial charge in [-0.15, -0.1) is 11.8 Å². The van der Waals surface area contributed by atoms with Crippen LogP contribution in [0.5, 0.6) is 5.75 Å². The van der Waals surface area contributed by atoms with Crippen LogP contribution in [0.4, 0.5) is 14.5 Å². The van der Waals surface area contributed by atoms with Gasteiger partial charge in [-0.25, -0.2) is 8.78 Å². The maximum Gasteiger partial charge on any atom is 0.232 e. The molecule has 2 aromatic carbocycles. The summed E-state index contributed by atoms with van der Waals surface area (Å²) in [5, 5.41) is 0. The van der Waals surface area contributed by atoms with Crippen molar-refractivity contribution in [3.8, 4) is 5.75 Å². The standard InChI is InChI=1S/C20H22F2N2O2S/c1-26-17-5-3-16(4-6-17)23-8-10-24(11-9-23)20(25)14-27-13-15-2-7-18(21)19(22)12-15/h2-7,12H,8-11,13-14H2,1H3. The monoisotopic (exact) mass is 392 g/mol. The molecule has 1 aliphatic heterocycles. The number of benzene rings is 2. The minimum Gasteiger partial charge on any atom is -0.497 e. The number of hydrogen-bond donors (Lipinski definition) is 0. The second-order valence-electron chi connectivity index (χ2n) is 6.31. The van der Waals surface area contributed by atoms with Gasteiger partial charge in [0, 0.05) is 37.6 Å². The third kappa shape index (κ3) is 5.13. The van der Waals surface area contributed by atoms with Gasteiger partial charge in [-0.1, -0.05) is 6.07 Å². The predicted octanol–water partition coefficient (Wildman–Crippen LogP) is 3.56. The molecule has 4 nitrogen and oxygen atoms in total. The van der Waals surface area contributed by atoms with Crippen LogP contribution >= 0.6 is 11.8 Å². The average molecular weight is 392 g/mol. The van der Waals surface area contributed by atoms with Crippen LogP contribution < -0.4 is 9.64 Å². The van der Waals surface area contributed by atoms with Crippen molar-refractivity contribution < 1.29 is 18.3 Å². The van der Waals surface area contributed by atoms with Crippen LogP contribution in [0.2, 0.25) is 0 Å². The number of ether oxygens (including phenoxy) is 1. The lowest BCUT2D eigenvalue weighted by Gasteiger charge is -2.36. The summed E-state index contributed by atoms with van der Waals surface area (Å²) in [4.78, 5) is 16.5. The van der Waals surface area contributed by atoms with Crippen LogP contribution in [0.25, 0.3) is 0 Å². The number of methoxy groups -OCH3 is 1. The van der Waals surface area contributed by atoms with Crippen molar-refractivity contribution in [3.05, 3.63) is 59.7 Å². The number of hydrogen-bond acceptors (Lipinski definition) is 4. The number of thioether (sulfide) groups is 1. The number of anilines is 1. The van der Waals surface area contributed by atoms with E-state index in [1.165, 1.54) is 17.8 Å². The van der Waals surface area contributed by atoms with Crippen molar-refractivity contribution in [1.29, 1.82) is 0 Å². The molecule has 0 aromatic heterocycles. The summed E-state index contributed by atoms with van der Waals surface area (Å²) in [7, 11) is 1.64. The van der Waals surface area contributed by atoms with E-state index >= 15 is 0 Å². The summed E-state index contributed by atoms with van der Waals surface area (Å²) in [6.45, 7) is 2.92. The molecule has 1 heterocycles. The van der Waals surface area contributed by atoms with Crippen molar-refractivity contribution in [2.45, 2.75) is 5.75 Å². The minimum absolute atomic E-state index is 0.0805. The summed E-state index contributed by atoms with van der Waals surface area (Å²) >= 11 is 1.42. The summed E-state index contributed by atoms with van der Waals surface area (Å²) in [6.07, 6.45) is 0. The second-order valence-corrected chi connectivity index (χ2v) is 7.29. The molecule has 0 saturated carbocycles. The molecule has 1 aliphatic rings. The van der Waals surface area contributed by atoms with Crippen LogP contribution in [-0.4, -0.2) is 49.8 Å². The number of nitrogens with zero attached hydrogens (tertiary/aromatic N) is 2. The van der Waals surface area contributed by atoms with Gasteiger partial charge in [0.05, 0.1) is 12.9 Å². The van der Waals surface area contributed by atoms with Gasteiger partial charge in [-0.2, -0.15) is 0 Å². The van der Waals surface area contributed by atoms with E-state index in [-0.39, 0.29) is 5.91 Å². The van der Waals surface area contributed by atoms with Crippen molar-refractivity contribution in [3.63, 3.8) is 0 Å². The Kier molecular flexibility index (Phi) is 6.55. The molecule has 0 N–H and O–H groups in total. The maximum atomic E-state index is 13.2. The Morgan fingerprint density at radius 3 is 2.37 bits per heavy atom. The molecule has 2 aromatic rings. The first kappa shape index (κ1) is 19.5. The Labute approximate surface area is 162 Å². The zero-order valence-corrected chi connectivity index (χ0v) is 16.0. The van der Waals surface area contributed by atoms with Crippen molar-refractivity contribution >= 4 is 23.4 Å². The van der Waals surface area contributed by atoms with Gasteiger partial charge < -0.3 is 14.5 Å². The fourth-order valence-electron chi connectivity index (χ4n) is 2.98. The predicted molar refractivity (Wildman–Crippen MR) is 104 cm³/mol. The van der Waals surface area contributed by atoms with Crippen molar-refractivity contribution in [2.75, 3.05) is 43.9 Å². The van der Waals surface area contributed by atoms with E-state index in [1.807, 2.05) is 29.2 Å². The number of halogens is 2. The van der Waals surface area contributed by atoms with E-state index < -0.39 is 11.6 Å². The second kappa shape index (κ2) is 9.08. The average Bonchev–Trinajstić information content (AvgIpc) is 2.71. The molecule has 0 radical (unpaired) electrons. The molecule has 0 atom stereocenters. The zero-order chi connectivity index (χ0) is 19.2. The molecule has 1 saturated heterocycles. The number of amides is 1. The molecule has 27 heavy (non-hydrogen) atoms. The van der Waals surface area contributed by atoms with E-state index in [9.17, 15) is 13.6 Å². The highest BCUT2D eigenvalue weighted by Crippen LogP contribution is 2.21. The highest BCUT2D eigenvalue weighted by Gasteiger charge is 2.21. The minimum atomic E-state index is -0.853. The molecular weight excluding hydrogens is 370 g/mol. The van der Waals surface area contributed by atoms with Gasteiger partial charge in [-0.3, -0.25) is 4.79 Å². The van der Waals surface area contributed by atoms with Crippen LogP contribution in [0, 0.1) is 11.6 Å². The molecule has 1 amide bonds. The number of carbonyl (C=O) groups excluding carboxylic acids is 1. The smallest absolute Gasteiger partial charge is 0.232 e. The summed E-state index contributed by atoms with van der Waals surface area (Å²) < 4.78 is 31.3. The fraction of sp³-hybridized carbons (Fsp3) is 0.350. The largest absolute Gasteiger partial charge is 0.497 e. The Bertz CT molecular complexity index is 778. The summed E-state index contributed by atoms with van der Waals surface area (Å²) in [5.74, 6) is 0.0160. The van der Waals surface area contributed by atoms with E-state index in [1.54, 1.807) is 13.2 Å². The van der Waals surface area contributed by atoms with Gasteiger partial charge in [-0.05, 0) is 42.0 Å². The van der Waals surface area contributed by atoms with Crippen molar-refractivity contribution in [2.24, 2.45) is 0 Å². The topological polar surface area (TPSA) is 32.8 Å². The number of rotatable bonds is 6. The molecular formula is C20H22F2N2O2S. The molecule has 0 aliphatic carbocycles. The molecule has 0 unspecified atom stereocenters. The van der Waals surface area contributed by atoms with Gasteiger partial charge in [0.2, 0.25) is 5.91 Å². The molecule has 7 heteroatoms. The number of carbonyl (C=O) groups is 1. The Morgan fingerprint density at radius 2 is 1.74 bits per heavy atom. The van der Waals surface area contributed by atoms with Gasteiger partial charge in [0.25, 0.3) is 0 Å². The molecule has 1 fully saturated rings. The van der Waals surface area contributed by atoms with Crippen LogP contribution in [0.1, 0.15) is 5.56 Å². The Hall–Kier alpha value is -2.28. The Balaban J connectivity index is 1.43. The first-order valence-corrected chi connectivity index (χ1v) is 9.91. The summed E-state index contributed by atoms with van der Waals surface area (Å²) in [6, 6.07) is 11.8. The summed E-state index contributed by atoms with van der Waals surface area (Å²) in [5.41, 5.74) is 1.80. The van der Waals surface area contributed by atoms with Crippen LogP contribution in [0.15, 0.2) is 42.5 Å². The van der Waals surface area contributed by atoms with Gasteiger partial charge >= 0.3 is 0 Å². The number of piperazine rings is 1. The van der Waals surface area contributed by atoms with E-state index in [0.717, 1.165) is 30.6 Å². The first-order valence-electron chi connectivity index (χ1n) is 8.75. The van der Waals surface area contributed by atoms with E-state index in [2.05, 4.69) is 4.90 Å². The highest BCUT2D eigenvalue weighted by atomic mass is 32.2. The van der Waals surface area contributed by atoms with Crippen LogP contribution in [0.3, 0.4) is 0 Å². The SMILES string of the molecule is COc1ccc(N2CCN(C(=O)CSCc3ccc(F)c(F)c3)CC2)cc1. The normalized spacial score (nSPS) is 14.3. The third-order valence-electron chi connectivity index (χ3n) is 4.55.